The van der Waals surface area contributed by atoms with Crippen LogP contribution in [0.1, 0.15) is 18.1 Å². The first kappa shape index (κ1) is 15.7. The fourth-order valence-electron chi connectivity index (χ4n) is 1.54. The average Bonchev–Trinajstić information content (AvgIpc) is 2.43. The molecule has 1 rings (SSSR count). The third kappa shape index (κ3) is 5.55. The Morgan fingerprint density at radius 3 is 2.50 bits per heavy atom. The first-order valence-corrected chi connectivity index (χ1v) is 6.29. The molecular weight excluding hydrogens is 254 g/mol. The lowest BCUT2D eigenvalue weighted by Gasteiger charge is -2.17. The molecule has 5 nitrogen and oxygen atoms in total. The molecule has 0 saturated heterocycles. The average molecular weight is 273 g/mol. The van der Waals surface area contributed by atoms with Crippen LogP contribution < -0.4 is 11.1 Å². The molecule has 106 valence electrons. The van der Waals surface area contributed by atoms with E-state index in [-0.39, 0.29) is 18.4 Å². The summed E-state index contributed by atoms with van der Waals surface area (Å²) in [7, 11) is 1.70. The summed E-state index contributed by atoms with van der Waals surface area (Å²) >= 11 is 0. The monoisotopic (exact) mass is 273 g/mol. The smallest absolute Gasteiger partial charge is 0.242 e. The maximum absolute atomic E-state index is 11.7. The van der Waals surface area contributed by atoms with Crippen LogP contribution in [0.5, 0.6) is 0 Å². The number of nitrogens with one attached hydrogen (secondary N) is 1. The summed E-state index contributed by atoms with van der Waals surface area (Å²) in [6.07, 6.45) is 0. The molecule has 0 fully saturated rings. The molecule has 0 spiro atoms. The Bertz CT molecular complexity index is 526. The quantitative estimate of drug-likeness (QED) is 0.764. The van der Waals surface area contributed by atoms with E-state index in [1.165, 1.54) is 6.92 Å². The highest BCUT2D eigenvalue weighted by Crippen LogP contribution is 2.06. The van der Waals surface area contributed by atoms with Gasteiger partial charge in [0.05, 0.1) is 13.1 Å². The zero-order chi connectivity index (χ0) is 15.0. The van der Waals surface area contributed by atoms with Gasteiger partial charge in [0.15, 0.2) is 0 Å². The van der Waals surface area contributed by atoms with Crippen LogP contribution in [0.2, 0.25) is 0 Å². The van der Waals surface area contributed by atoms with E-state index in [9.17, 15) is 9.59 Å². The largest absolute Gasteiger partial charge is 0.347 e. The Labute approximate surface area is 119 Å². The second kappa shape index (κ2) is 7.97. The van der Waals surface area contributed by atoms with Gasteiger partial charge >= 0.3 is 0 Å². The molecule has 0 atom stereocenters. The van der Waals surface area contributed by atoms with Crippen molar-refractivity contribution in [2.24, 2.45) is 5.73 Å². The fraction of sp³-hybridized carbons (Fsp3) is 0.333. The second-order valence-corrected chi connectivity index (χ2v) is 4.36. The molecule has 1 aromatic rings. The standard InChI is InChI=1S/C15H19N3O2/c1-12(19)17-10-15(20)18(2)11-14-7-5-13(6-8-14)4-3-9-16/h5-8H,9-11,16H2,1-2H3,(H,17,19). The van der Waals surface area contributed by atoms with Crippen molar-refractivity contribution in [1.82, 2.24) is 10.2 Å². The highest BCUT2D eigenvalue weighted by Gasteiger charge is 2.09. The van der Waals surface area contributed by atoms with Gasteiger partial charge in [-0.1, -0.05) is 24.0 Å². The van der Waals surface area contributed by atoms with Crippen molar-refractivity contribution in [2.45, 2.75) is 13.5 Å². The maximum Gasteiger partial charge on any atom is 0.242 e. The third-order valence-corrected chi connectivity index (χ3v) is 2.62. The Balaban J connectivity index is 2.55. The van der Waals surface area contributed by atoms with E-state index in [1.54, 1.807) is 11.9 Å². The summed E-state index contributed by atoms with van der Waals surface area (Å²) in [6, 6.07) is 7.62. The van der Waals surface area contributed by atoms with Crippen LogP contribution in [0, 0.1) is 11.8 Å². The van der Waals surface area contributed by atoms with E-state index in [2.05, 4.69) is 17.2 Å². The van der Waals surface area contributed by atoms with Crippen LogP contribution in [-0.4, -0.2) is 36.9 Å². The maximum atomic E-state index is 11.7. The first-order valence-electron chi connectivity index (χ1n) is 6.29. The summed E-state index contributed by atoms with van der Waals surface area (Å²) in [5.74, 6) is 5.38. The molecular formula is C15H19N3O2. The van der Waals surface area contributed by atoms with Crippen molar-refractivity contribution in [3.05, 3.63) is 35.4 Å². The number of amides is 2. The number of carbonyl (C=O) groups excluding carboxylic acids is 2. The van der Waals surface area contributed by atoms with Crippen LogP contribution in [0.15, 0.2) is 24.3 Å². The van der Waals surface area contributed by atoms with Gasteiger partial charge in [-0.3, -0.25) is 9.59 Å². The number of rotatable bonds is 4. The summed E-state index contributed by atoms with van der Waals surface area (Å²) < 4.78 is 0. The molecule has 2 amide bonds. The molecule has 5 heteroatoms. The predicted octanol–water partition coefficient (Wildman–Crippen LogP) is 0.0913. The summed E-state index contributed by atoms with van der Waals surface area (Å²) in [6.45, 7) is 2.23. The van der Waals surface area contributed by atoms with Gasteiger partial charge < -0.3 is 16.0 Å². The zero-order valence-corrected chi connectivity index (χ0v) is 11.8. The molecule has 0 bridgehead atoms. The molecule has 0 aliphatic rings. The lowest BCUT2D eigenvalue weighted by Crippen LogP contribution is -2.36. The molecule has 0 radical (unpaired) electrons. The Morgan fingerprint density at radius 2 is 1.95 bits per heavy atom. The molecule has 1 aromatic carbocycles. The van der Waals surface area contributed by atoms with E-state index in [0.717, 1.165) is 11.1 Å². The van der Waals surface area contributed by atoms with Crippen molar-refractivity contribution >= 4 is 11.8 Å². The Hall–Kier alpha value is -2.32. The topological polar surface area (TPSA) is 75.4 Å². The van der Waals surface area contributed by atoms with Crippen LogP contribution >= 0.6 is 0 Å². The molecule has 20 heavy (non-hydrogen) atoms. The molecule has 0 aromatic heterocycles. The zero-order valence-electron chi connectivity index (χ0n) is 11.8. The van der Waals surface area contributed by atoms with Gasteiger partial charge in [-0.2, -0.15) is 0 Å². The molecule has 0 unspecified atom stereocenters. The lowest BCUT2D eigenvalue weighted by molar-refractivity contribution is -0.131. The van der Waals surface area contributed by atoms with Crippen LogP contribution in [0.4, 0.5) is 0 Å². The van der Waals surface area contributed by atoms with Crippen LogP contribution in [-0.2, 0) is 16.1 Å². The van der Waals surface area contributed by atoms with E-state index in [0.29, 0.717) is 13.1 Å². The Kier molecular flexibility index (Phi) is 6.27. The van der Waals surface area contributed by atoms with E-state index in [1.807, 2.05) is 24.3 Å². The second-order valence-electron chi connectivity index (χ2n) is 4.36. The van der Waals surface area contributed by atoms with Crippen molar-refractivity contribution in [1.29, 1.82) is 0 Å². The highest BCUT2D eigenvalue weighted by molar-refractivity contribution is 5.83. The minimum Gasteiger partial charge on any atom is -0.347 e. The van der Waals surface area contributed by atoms with Crippen molar-refractivity contribution < 1.29 is 9.59 Å². The lowest BCUT2D eigenvalue weighted by atomic mass is 10.1. The van der Waals surface area contributed by atoms with Gasteiger partial charge in [0, 0.05) is 26.1 Å². The van der Waals surface area contributed by atoms with Crippen LogP contribution in [0.25, 0.3) is 0 Å². The number of nitrogens with zero attached hydrogens (tertiary/aromatic N) is 1. The van der Waals surface area contributed by atoms with E-state index in [4.69, 9.17) is 5.73 Å². The third-order valence-electron chi connectivity index (χ3n) is 2.62. The van der Waals surface area contributed by atoms with Gasteiger partial charge in [0.25, 0.3) is 0 Å². The summed E-state index contributed by atoms with van der Waals surface area (Å²) in [4.78, 5) is 24.1. The first-order chi connectivity index (χ1) is 9.52. The number of benzene rings is 1. The van der Waals surface area contributed by atoms with Gasteiger partial charge in [-0.15, -0.1) is 0 Å². The van der Waals surface area contributed by atoms with Gasteiger partial charge in [0.1, 0.15) is 0 Å². The number of carbonyl (C=O) groups is 2. The van der Waals surface area contributed by atoms with Crippen molar-refractivity contribution in [3.8, 4) is 11.8 Å². The predicted molar refractivity (Wildman–Crippen MR) is 77.5 cm³/mol. The molecule has 3 N–H and O–H groups in total. The minimum atomic E-state index is -0.213. The molecule has 0 aliphatic carbocycles. The normalized spacial score (nSPS) is 9.35. The minimum absolute atomic E-state index is 0.0197. The molecule has 0 heterocycles. The van der Waals surface area contributed by atoms with Gasteiger partial charge in [-0.25, -0.2) is 0 Å². The summed E-state index contributed by atoms with van der Waals surface area (Å²) in [5, 5.41) is 2.48. The Morgan fingerprint density at radius 1 is 1.30 bits per heavy atom. The van der Waals surface area contributed by atoms with E-state index >= 15 is 0 Å². The van der Waals surface area contributed by atoms with Crippen molar-refractivity contribution in [3.63, 3.8) is 0 Å². The SMILES string of the molecule is CC(=O)NCC(=O)N(C)Cc1ccc(C#CCN)cc1. The fourth-order valence-corrected chi connectivity index (χ4v) is 1.54. The molecule has 0 saturated carbocycles. The number of likely N-dealkylation sites (N-methyl/N-ethyl adjacent to an activating group) is 1. The van der Waals surface area contributed by atoms with Crippen molar-refractivity contribution in [2.75, 3.05) is 20.1 Å². The van der Waals surface area contributed by atoms with Crippen LogP contribution in [0.3, 0.4) is 0 Å². The molecule has 0 aliphatic heterocycles. The van der Waals surface area contributed by atoms with Gasteiger partial charge in [-0.05, 0) is 17.7 Å². The number of hydrogen-bond acceptors (Lipinski definition) is 3. The summed E-state index contributed by atoms with van der Waals surface area (Å²) in [5.41, 5.74) is 7.20. The number of hydrogen-bond donors (Lipinski definition) is 2. The van der Waals surface area contributed by atoms with E-state index < -0.39 is 0 Å². The van der Waals surface area contributed by atoms with Gasteiger partial charge in [0.2, 0.25) is 11.8 Å². The number of nitrogens with two attached hydrogens (primary N) is 1. The highest BCUT2D eigenvalue weighted by atomic mass is 16.2.